The van der Waals surface area contributed by atoms with Gasteiger partial charge in [-0.3, -0.25) is 4.79 Å². The zero-order valence-electron chi connectivity index (χ0n) is 8.62. The highest BCUT2D eigenvalue weighted by Gasteiger charge is 2.06. The number of aryl methyl sites for hydroxylation is 1. The van der Waals surface area contributed by atoms with Crippen LogP contribution in [0.2, 0.25) is 0 Å². The number of amides is 1. The summed E-state index contributed by atoms with van der Waals surface area (Å²) in [5, 5.41) is 0. The topological polar surface area (TPSA) is 59.5 Å². The van der Waals surface area contributed by atoms with E-state index in [0.717, 1.165) is 17.9 Å². The molecule has 0 bridgehead atoms. The Labute approximate surface area is 83.7 Å². The molecule has 1 heterocycles. The standard InChI is InChI=1S/C10H16N2O2/c1-8-3-4-9(14-8)5-6-12(2)10(13)7-11/h3-4H,5-7,11H2,1-2H3. The molecular formula is C10H16N2O2. The van der Waals surface area contributed by atoms with Crippen molar-refractivity contribution >= 4 is 5.91 Å². The second kappa shape index (κ2) is 4.81. The van der Waals surface area contributed by atoms with E-state index in [0.29, 0.717) is 6.54 Å². The maximum atomic E-state index is 11.1. The van der Waals surface area contributed by atoms with Gasteiger partial charge in [-0.2, -0.15) is 0 Å². The number of carbonyl (C=O) groups is 1. The summed E-state index contributed by atoms with van der Waals surface area (Å²) in [6.07, 6.45) is 0.732. The molecule has 78 valence electrons. The Bertz CT molecular complexity index is 307. The monoisotopic (exact) mass is 196 g/mol. The van der Waals surface area contributed by atoms with Gasteiger partial charge < -0.3 is 15.1 Å². The van der Waals surface area contributed by atoms with Gasteiger partial charge in [0.2, 0.25) is 5.91 Å². The summed E-state index contributed by atoms with van der Waals surface area (Å²) in [5.41, 5.74) is 5.23. The number of likely N-dealkylation sites (N-methyl/N-ethyl adjacent to an activating group) is 1. The van der Waals surface area contributed by atoms with Gasteiger partial charge in [0, 0.05) is 20.0 Å². The summed E-state index contributed by atoms with van der Waals surface area (Å²) in [4.78, 5) is 12.7. The first-order valence-corrected chi connectivity index (χ1v) is 4.63. The largest absolute Gasteiger partial charge is 0.466 e. The van der Waals surface area contributed by atoms with Gasteiger partial charge in [0.15, 0.2) is 0 Å². The minimum atomic E-state index is -0.0479. The fraction of sp³-hybridized carbons (Fsp3) is 0.500. The number of hydrogen-bond acceptors (Lipinski definition) is 3. The Morgan fingerprint density at radius 2 is 2.29 bits per heavy atom. The SMILES string of the molecule is Cc1ccc(CCN(C)C(=O)CN)o1. The molecule has 1 amide bonds. The molecule has 0 aliphatic carbocycles. The fourth-order valence-electron chi connectivity index (χ4n) is 1.18. The van der Waals surface area contributed by atoms with Gasteiger partial charge in [-0.25, -0.2) is 0 Å². The molecule has 0 atom stereocenters. The van der Waals surface area contributed by atoms with E-state index in [1.807, 2.05) is 19.1 Å². The lowest BCUT2D eigenvalue weighted by atomic mass is 10.3. The van der Waals surface area contributed by atoms with Crippen molar-refractivity contribution in [3.63, 3.8) is 0 Å². The van der Waals surface area contributed by atoms with Crippen LogP contribution in [-0.4, -0.2) is 30.9 Å². The first-order chi connectivity index (χ1) is 6.63. The lowest BCUT2D eigenvalue weighted by Crippen LogP contribution is -2.34. The van der Waals surface area contributed by atoms with Crippen molar-refractivity contribution in [1.29, 1.82) is 0 Å². The van der Waals surface area contributed by atoms with Crippen LogP contribution in [0.25, 0.3) is 0 Å². The Kier molecular flexibility index (Phi) is 3.71. The van der Waals surface area contributed by atoms with Crippen molar-refractivity contribution < 1.29 is 9.21 Å². The number of carbonyl (C=O) groups excluding carboxylic acids is 1. The van der Waals surface area contributed by atoms with Gasteiger partial charge in [0.1, 0.15) is 11.5 Å². The molecule has 0 aliphatic heterocycles. The van der Waals surface area contributed by atoms with E-state index in [1.54, 1.807) is 11.9 Å². The number of nitrogens with zero attached hydrogens (tertiary/aromatic N) is 1. The molecule has 1 aromatic heterocycles. The highest BCUT2D eigenvalue weighted by atomic mass is 16.3. The van der Waals surface area contributed by atoms with Crippen LogP contribution in [0, 0.1) is 6.92 Å². The van der Waals surface area contributed by atoms with Crippen LogP contribution >= 0.6 is 0 Å². The van der Waals surface area contributed by atoms with Gasteiger partial charge in [-0.05, 0) is 19.1 Å². The first-order valence-electron chi connectivity index (χ1n) is 4.63. The minimum absolute atomic E-state index is 0.0479. The molecule has 0 aromatic carbocycles. The summed E-state index contributed by atoms with van der Waals surface area (Å²) in [6.45, 7) is 2.61. The predicted molar refractivity (Wildman–Crippen MR) is 53.8 cm³/mol. The van der Waals surface area contributed by atoms with Crippen molar-refractivity contribution in [2.45, 2.75) is 13.3 Å². The summed E-state index contributed by atoms with van der Waals surface area (Å²) < 4.78 is 5.38. The van der Waals surface area contributed by atoms with E-state index in [1.165, 1.54) is 0 Å². The van der Waals surface area contributed by atoms with Gasteiger partial charge in [-0.1, -0.05) is 0 Å². The van der Waals surface area contributed by atoms with Crippen LogP contribution in [0.15, 0.2) is 16.5 Å². The molecular weight excluding hydrogens is 180 g/mol. The van der Waals surface area contributed by atoms with E-state index >= 15 is 0 Å². The molecule has 1 aromatic rings. The smallest absolute Gasteiger partial charge is 0.236 e. The maximum absolute atomic E-state index is 11.1. The average Bonchev–Trinajstić information content (AvgIpc) is 2.59. The second-order valence-corrected chi connectivity index (χ2v) is 3.28. The quantitative estimate of drug-likeness (QED) is 0.765. The zero-order valence-corrected chi connectivity index (χ0v) is 8.62. The summed E-state index contributed by atoms with van der Waals surface area (Å²) in [7, 11) is 1.74. The average molecular weight is 196 g/mol. The van der Waals surface area contributed by atoms with Crippen LogP contribution in [0.1, 0.15) is 11.5 Å². The Balaban J connectivity index is 2.37. The molecule has 0 spiro atoms. The van der Waals surface area contributed by atoms with Crippen LogP contribution in [0.3, 0.4) is 0 Å². The van der Waals surface area contributed by atoms with Crippen molar-refractivity contribution in [1.82, 2.24) is 4.90 Å². The van der Waals surface area contributed by atoms with Crippen LogP contribution in [0.5, 0.6) is 0 Å². The molecule has 0 unspecified atom stereocenters. The number of rotatable bonds is 4. The van der Waals surface area contributed by atoms with Crippen molar-refractivity contribution in [2.75, 3.05) is 20.1 Å². The Morgan fingerprint density at radius 3 is 2.79 bits per heavy atom. The van der Waals surface area contributed by atoms with E-state index in [-0.39, 0.29) is 12.5 Å². The van der Waals surface area contributed by atoms with Crippen LogP contribution in [0.4, 0.5) is 0 Å². The Morgan fingerprint density at radius 1 is 1.57 bits per heavy atom. The summed E-state index contributed by atoms with van der Waals surface area (Å²) in [6, 6.07) is 3.84. The highest BCUT2D eigenvalue weighted by molar-refractivity contribution is 5.77. The molecule has 0 fully saturated rings. The molecule has 14 heavy (non-hydrogen) atoms. The molecule has 0 radical (unpaired) electrons. The lowest BCUT2D eigenvalue weighted by molar-refractivity contribution is -0.128. The van der Waals surface area contributed by atoms with Crippen molar-refractivity contribution in [3.05, 3.63) is 23.7 Å². The number of nitrogens with two attached hydrogens (primary N) is 1. The first kappa shape index (κ1) is 10.8. The minimum Gasteiger partial charge on any atom is -0.466 e. The van der Waals surface area contributed by atoms with Gasteiger partial charge in [0.05, 0.1) is 6.54 Å². The number of furan rings is 1. The summed E-state index contributed by atoms with van der Waals surface area (Å²) >= 11 is 0. The molecule has 2 N–H and O–H groups in total. The normalized spacial score (nSPS) is 10.2. The van der Waals surface area contributed by atoms with Crippen LogP contribution in [-0.2, 0) is 11.2 Å². The maximum Gasteiger partial charge on any atom is 0.236 e. The molecule has 1 rings (SSSR count). The Hall–Kier alpha value is -1.29. The zero-order chi connectivity index (χ0) is 10.6. The van der Waals surface area contributed by atoms with Crippen molar-refractivity contribution in [2.24, 2.45) is 5.73 Å². The van der Waals surface area contributed by atoms with E-state index in [2.05, 4.69) is 0 Å². The molecule has 4 heteroatoms. The van der Waals surface area contributed by atoms with E-state index in [4.69, 9.17) is 10.2 Å². The molecule has 4 nitrogen and oxygen atoms in total. The van der Waals surface area contributed by atoms with Crippen LogP contribution < -0.4 is 5.73 Å². The molecule has 0 aliphatic rings. The van der Waals surface area contributed by atoms with Gasteiger partial charge in [-0.15, -0.1) is 0 Å². The van der Waals surface area contributed by atoms with Crippen molar-refractivity contribution in [3.8, 4) is 0 Å². The third-order valence-electron chi connectivity index (χ3n) is 2.09. The van der Waals surface area contributed by atoms with E-state index < -0.39 is 0 Å². The molecule has 0 saturated heterocycles. The summed E-state index contributed by atoms with van der Waals surface area (Å²) in [5.74, 6) is 1.75. The lowest BCUT2D eigenvalue weighted by Gasteiger charge is -2.14. The predicted octanol–water partition coefficient (Wildman–Crippen LogP) is 0.548. The highest BCUT2D eigenvalue weighted by Crippen LogP contribution is 2.07. The fourth-order valence-corrected chi connectivity index (χ4v) is 1.18. The van der Waals surface area contributed by atoms with Gasteiger partial charge in [0.25, 0.3) is 0 Å². The second-order valence-electron chi connectivity index (χ2n) is 3.28. The van der Waals surface area contributed by atoms with E-state index in [9.17, 15) is 4.79 Å². The third-order valence-corrected chi connectivity index (χ3v) is 2.09. The van der Waals surface area contributed by atoms with Gasteiger partial charge >= 0.3 is 0 Å². The molecule has 0 saturated carbocycles. The third kappa shape index (κ3) is 2.88. The number of hydrogen-bond donors (Lipinski definition) is 1.